The Hall–Kier alpha value is -2.53. The van der Waals surface area contributed by atoms with Crippen molar-refractivity contribution in [3.63, 3.8) is 0 Å². The average Bonchev–Trinajstić information content (AvgIpc) is 2.84. The third-order valence-corrected chi connectivity index (χ3v) is 5.84. The number of pyridine rings is 1. The molecule has 1 aliphatic rings. The Balaban J connectivity index is 1.72. The van der Waals surface area contributed by atoms with Gasteiger partial charge in [-0.2, -0.15) is 0 Å². The van der Waals surface area contributed by atoms with E-state index < -0.39 is 0 Å². The SMILES string of the molecule is COc1ccc2nc(C(=O)N3CCC(C)Sc4ccccc43)ccc2c1. The summed E-state index contributed by atoms with van der Waals surface area (Å²) in [4.78, 5) is 20.8. The van der Waals surface area contributed by atoms with Gasteiger partial charge in [0.1, 0.15) is 11.4 Å². The number of nitrogens with zero attached hydrogens (tertiary/aromatic N) is 2. The Morgan fingerprint density at radius 2 is 2.04 bits per heavy atom. The van der Waals surface area contributed by atoms with Gasteiger partial charge in [0.05, 0.1) is 18.3 Å². The number of hydrogen-bond donors (Lipinski definition) is 0. The summed E-state index contributed by atoms with van der Waals surface area (Å²) in [5.74, 6) is 0.732. The molecule has 3 aromatic rings. The van der Waals surface area contributed by atoms with E-state index in [0.29, 0.717) is 17.5 Å². The topological polar surface area (TPSA) is 42.4 Å². The third-order valence-electron chi connectivity index (χ3n) is 4.60. The van der Waals surface area contributed by atoms with Crippen molar-refractivity contribution in [2.45, 2.75) is 23.5 Å². The standard InChI is InChI=1S/C21H20N2O2S/c1-14-11-12-23(19-5-3-4-6-20(19)26-14)21(24)18-9-7-15-13-16(25-2)8-10-17(15)22-18/h3-10,13-14H,11-12H2,1-2H3. The molecule has 132 valence electrons. The molecule has 1 atom stereocenters. The van der Waals surface area contributed by atoms with Gasteiger partial charge in [0.2, 0.25) is 0 Å². The van der Waals surface area contributed by atoms with Crippen molar-refractivity contribution in [3.8, 4) is 5.75 Å². The second kappa shape index (κ2) is 7.00. The number of thioether (sulfide) groups is 1. The van der Waals surface area contributed by atoms with Crippen molar-refractivity contribution in [2.75, 3.05) is 18.6 Å². The summed E-state index contributed by atoms with van der Waals surface area (Å²) in [6, 6.07) is 17.5. The van der Waals surface area contributed by atoms with E-state index in [9.17, 15) is 4.79 Å². The molecule has 1 unspecified atom stereocenters. The normalized spacial score (nSPS) is 16.8. The Morgan fingerprint density at radius 1 is 1.19 bits per heavy atom. The second-order valence-corrected chi connectivity index (χ2v) is 7.88. The molecule has 1 aliphatic heterocycles. The molecule has 0 aliphatic carbocycles. The highest BCUT2D eigenvalue weighted by atomic mass is 32.2. The van der Waals surface area contributed by atoms with E-state index in [2.05, 4.69) is 18.0 Å². The van der Waals surface area contributed by atoms with Crippen molar-refractivity contribution in [1.82, 2.24) is 4.98 Å². The van der Waals surface area contributed by atoms with Gasteiger partial charge in [0, 0.05) is 22.1 Å². The first-order chi connectivity index (χ1) is 12.7. The number of anilines is 1. The van der Waals surface area contributed by atoms with Crippen molar-refractivity contribution in [3.05, 3.63) is 60.3 Å². The van der Waals surface area contributed by atoms with Crippen molar-refractivity contribution < 1.29 is 9.53 Å². The predicted octanol–water partition coefficient (Wildman–Crippen LogP) is 4.77. The van der Waals surface area contributed by atoms with Gasteiger partial charge >= 0.3 is 0 Å². The van der Waals surface area contributed by atoms with Crippen LogP contribution in [0.25, 0.3) is 10.9 Å². The molecule has 26 heavy (non-hydrogen) atoms. The van der Waals surface area contributed by atoms with E-state index in [4.69, 9.17) is 4.74 Å². The van der Waals surface area contributed by atoms with Gasteiger partial charge in [0.25, 0.3) is 5.91 Å². The molecule has 2 aromatic carbocycles. The van der Waals surface area contributed by atoms with E-state index >= 15 is 0 Å². The van der Waals surface area contributed by atoms with E-state index in [-0.39, 0.29) is 5.91 Å². The minimum absolute atomic E-state index is 0.0510. The first kappa shape index (κ1) is 16.9. The molecule has 2 heterocycles. The zero-order valence-electron chi connectivity index (χ0n) is 14.8. The van der Waals surface area contributed by atoms with Gasteiger partial charge in [-0.25, -0.2) is 4.98 Å². The minimum atomic E-state index is -0.0510. The molecule has 0 N–H and O–H groups in total. The molecular formula is C21H20N2O2S. The van der Waals surface area contributed by atoms with Gasteiger partial charge in [-0.1, -0.05) is 25.1 Å². The molecule has 1 amide bonds. The van der Waals surface area contributed by atoms with Crippen LogP contribution in [0.2, 0.25) is 0 Å². The molecule has 0 radical (unpaired) electrons. The largest absolute Gasteiger partial charge is 0.497 e. The fourth-order valence-electron chi connectivity index (χ4n) is 3.19. The number of ether oxygens (including phenoxy) is 1. The number of carbonyl (C=O) groups is 1. The molecule has 0 fully saturated rings. The Labute approximate surface area is 157 Å². The van der Waals surface area contributed by atoms with Crippen LogP contribution in [0.1, 0.15) is 23.8 Å². The third kappa shape index (κ3) is 3.15. The maximum Gasteiger partial charge on any atom is 0.276 e. The zero-order chi connectivity index (χ0) is 18.1. The predicted molar refractivity (Wildman–Crippen MR) is 106 cm³/mol. The van der Waals surface area contributed by atoms with E-state index in [1.54, 1.807) is 13.2 Å². The molecule has 4 rings (SSSR count). The maximum absolute atomic E-state index is 13.2. The number of para-hydroxylation sites is 1. The monoisotopic (exact) mass is 364 g/mol. The molecule has 0 saturated heterocycles. The highest BCUT2D eigenvalue weighted by molar-refractivity contribution is 8.00. The highest BCUT2D eigenvalue weighted by Crippen LogP contribution is 2.37. The molecule has 4 nitrogen and oxygen atoms in total. The van der Waals surface area contributed by atoms with Crippen LogP contribution in [0, 0.1) is 0 Å². The van der Waals surface area contributed by atoms with E-state index in [0.717, 1.165) is 33.7 Å². The van der Waals surface area contributed by atoms with Crippen LogP contribution in [0.5, 0.6) is 5.75 Å². The Kier molecular flexibility index (Phi) is 4.55. The van der Waals surface area contributed by atoms with Crippen LogP contribution >= 0.6 is 11.8 Å². The lowest BCUT2D eigenvalue weighted by Crippen LogP contribution is -2.32. The van der Waals surface area contributed by atoms with Crippen LogP contribution in [-0.2, 0) is 0 Å². The van der Waals surface area contributed by atoms with E-state index in [1.165, 1.54) is 0 Å². The van der Waals surface area contributed by atoms with Crippen molar-refractivity contribution in [1.29, 1.82) is 0 Å². The fraction of sp³-hybridized carbons (Fsp3) is 0.238. The summed E-state index contributed by atoms with van der Waals surface area (Å²) >= 11 is 1.83. The first-order valence-corrected chi connectivity index (χ1v) is 9.56. The fourth-order valence-corrected chi connectivity index (χ4v) is 4.30. The first-order valence-electron chi connectivity index (χ1n) is 8.68. The summed E-state index contributed by atoms with van der Waals surface area (Å²) in [5.41, 5.74) is 2.24. The van der Waals surface area contributed by atoms with Gasteiger partial charge < -0.3 is 9.64 Å². The van der Waals surface area contributed by atoms with Gasteiger partial charge in [-0.15, -0.1) is 11.8 Å². The number of aromatic nitrogens is 1. The second-order valence-electron chi connectivity index (χ2n) is 6.40. The number of benzene rings is 2. The number of fused-ring (bicyclic) bond motifs is 2. The van der Waals surface area contributed by atoms with Gasteiger partial charge in [-0.05, 0) is 42.8 Å². The summed E-state index contributed by atoms with van der Waals surface area (Å²) in [7, 11) is 1.64. The Bertz CT molecular complexity index is 973. The number of hydrogen-bond acceptors (Lipinski definition) is 4. The lowest BCUT2D eigenvalue weighted by Gasteiger charge is -2.22. The van der Waals surface area contributed by atoms with Crippen LogP contribution in [0.3, 0.4) is 0 Å². The van der Waals surface area contributed by atoms with Crippen LogP contribution in [-0.4, -0.2) is 29.8 Å². The van der Waals surface area contributed by atoms with Gasteiger partial charge in [-0.3, -0.25) is 4.79 Å². The summed E-state index contributed by atoms with van der Waals surface area (Å²) in [6.07, 6.45) is 0.954. The summed E-state index contributed by atoms with van der Waals surface area (Å²) in [5, 5.41) is 1.44. The molecule has 0 bridgehead atoms. The zero-order valence-corrected chi connectivity index (χ0v) is 15.6. The Morgan fingerprint density at radius 3 is 2.88 bits per heavy atom. The minimum Gasteiger partial charge on any atom is -0.497 e. The van der Waals surface area contributed by atoms with Crippen molar-refractivity contribution >= 4 is 34.3 Å². The maximum atomic E-state index is 13.2. The lowest BCUT2D eigenvalue weighted by atomic mass is 10.1. The summed E-state index contributed by atoms with van der Waals surface area (Å²) in [6.45, 7) is 2.91. The molecular weight excluding hydrogens is 344 g/mol. The van der Waals surface area contributed by atoms with Crippen LogP contribution in [0.15, 0.2) is 59.5 Å². The number of carbonyl (C=O) groups excluding carboxylic acids is 1. The number of methoxy groups -OCH3 is 1. The van der Waals surface area contributed by atoms with Crippen molar-refractivity contribution in [2.24, 2.45) is 0 Å². The number of rotatable bonds is 2. The molecule has 0 saturated carbocycles. The molecule has 5 heteroatoms. The van der Waals surface area contributed by atoms with Crippen LogP contribution in [0.4, 0.5) is 5.69 Å². The van der Waals surface area contributed by atoms with E-state index in [1.807, 2.05) is 59.1 Å². The average molecular weight is 364 g/mol. The summed E-state index contributed by atoms with van der Waals surface area (Å²) < 4.78 is 5.25. The van der Waals surface area contributed by atoms with Gasteiger partial charge in [0.15, 0.2) is 0 Å². The van der Waals surface area contributed by atoms with Crippen LogP contribution < -0.4 is 9.64 Å². The number of amides is 1. The smallest absolute Gasteiger partial charge is 0.276 e. The quantitative estimate of drug-likeness (QED) is 0.657. The molecule has 1 aromatic heterocycles. The molecule has 0 spiro atoms. The highest BCUT2D eigenvalue weighted by Gasteiger charge is 2.25. The lowest BCUT2D eigenvalue weighted by molar-refractivity contribution is 0.0982.